The summed E-state index contributed by atoms with van der Waals surface area (Å²) in [5.41, 5.74) is 2.33. The van der Waals surface area contributed by atoms with Crippen LogP contribution in [0.1, 0.15) is 17.3 Å². The molecule has 1 amide bonds. The first kappa shape index (κ1) is 17.5. The van der Waals surface area contributed by atoms with E-state index in [2.05, 4.69) is 15.9 Å². The number of carbonyl (C=O) groups is 2. The molecule has 0 atom stereocenters. The first-order chi connectivity index (χ1) is 13.2. The van der Waals surface area contributed by atoms with Gasteiger partial charge < -0.3 is 9.64 Å². The van der Waals surface area contributed by atoms with Gasteiger partial charge in [-0.15, -0.1) is 0 Å². The lowest BCUT2D eigenvalue weighted by Crippen LogP contribution is -2.51. The van der Waals surface area contributed by atoms with Crippen LogP contribution in [0.15, 0.2) is 48.5 Å². The molecule has 1 saturated heterocycles. The lowest BCUT2D eigenvalue weighted by molar-refractivity contribution is -0.114. The summed E-state index contributed by atoms with van der Waals surface area (Å²) in [5.74, 6) is 0.0675. The van der Waals surface area contributed by atoms with E-state index in [1.165, 1.54) is 0 Å². The highest BCUT2D eigenvalue weighted by Gasteiger charge is 2.36. The standard InChI is InChI=1S/C21H23N3O3/c1-2-27-19-10-6-5-9-18(19)23-13-11-22(12-14-23)15-24-17-8-4-3-7-16(17)20(25)21(24)26/h3-10H,2,11-15H2,1H3. The summed E-state index contributed by atoms with van der Waals surface area (Å²) in [6.07, 6.45) is 0. The fraction of sp³-hybridized carbons (Fsp3) is 0.333. The van der Waals surface area contributed by atoms with Crippen molar-refractivity contribution >= 4 is 23.1 Å². The minimum Gasteiger partial charge on any atom is -0.492 e. The summed E-state index contributed by atoms with van der Waals surface area (Å²) >= 11 is 0. The highest BCUT2D eigenvalue weighted by Crippen LogP contribution is 2.30. The van der Waals surface area contributed by atoms with Gasteiger partial charge in [0, 0.05) is 26.2 Å². The van der Waals surface area contributed by atoms with E-state index >= 15 is 0 Å². The molecule has 0 unspecified atom stereocenters. The van der Waals surface area contributed by atoms with Crippen molar-refractivity contribution in [3.05, 3.63) is 54.1 Å². The second kappa shape index (κ2) is 7.40. The summed E-state index contributed by atoms with van der Waals surface area (Å²) < 4.78 is 5.74. The SMILES string of the molecule is CCOc1ccccc1N1CCN(CN2C(=O)C(=O)c3ccccc32)CC1. The highest BCUT2D eigenvalue weighted by molar-refractivity contribution is 6.52. The number of para-hydroxylation sites is 3. The number of ether oxygens (including phenoxy) is 1. The van der Waals surface area contributed by atoms with Crippen LogP contribution in [0.5, 0.6) is 5.75 Å². The van der Waals surface area contributed by atoms with Gasteiger partial charge in [0.05, 0.1) is 30.2 Å². The van der Waals surface area contributed by atoms with Crippen molar-refractivity contribution in [2.45, 2.75) is 6.92 Å². The predicted molar refractivity (Wildman–Crippen MR) is 105 cm³/mol. The maximum Gasteiger partial charge on any atom is 0.300 e. The number of carbonyl (C=O) groups excluding carboxylic acids is 2. The molecule has 2 heterocycles. The van der Waals surface area contributed by atoms with Crippen LogP contribution in [0, 0.1) is 0 Å². The van der Waals surface area contributed by atoms with Gasteiger partial charge in [-0.05, 0) is 31.2 Å². The van der Waals surface area contributed by atoms with E-state index in [1.807, 2.05) is 37.3 Å². The number of Topliss-reactive ketones (excluding diaryl/α,β-unsaturated/α-hetero) is 1. The summed E-state index contributed by atoms with van der Waals surface area (Å²) in [6, 6.07) is 15.3. The van der Waals surface area contributed by atoms with Crippen molar-refractivity contribution in [3.8, 4) is 5.75 Å². The van der Waals surface area contributed by atoms with Crippen LogP contribution in [0.3, 0.4) is 0 Å². The van der Waals surface area contributed by atoms with Crippen molar-refractivity contribution in [1.82, 2.24) is 4.90 Å². The number of fused-ring (bicyclic) bond motifs is 1. The second-order valence-corrected chi connectivity index (χ2v) is 6.73. The van der Waals surface area contributed by atoms with Crippen molar-refractivity contribution in [2.75, 3.05) is 49.3 Å². The number of hydrogen-bond acceptors (Lipinski definition) is 5. The van der Waals surface area contributed by atoms with Crippen LogP contribution < -0.4 is 14.5 Å². The van der Waals surface area contributed by atoms with Crippen LogP contribution in [-0.4, -0.2) is 56.0 Å². The molecular formula is C21H23N3O3. The normalized spacial score (nSPS) is 17.4. The third-order valence-corrected chi connectivity index (χ3v) is 5.10. The monoisotopic (exact) mass is 365 g/mol. The summed E-state index contributed by atoms with van der Waals surface area (Å²) in [5, 5.41) is 0. The zero-order valence-corrected chi connectivity index (χ0v) is 15.4. The fourth-order valence-corrected chi connectivity index (χ4v) is 3.71. The van der Waals surface area contributed by atoms with Crippen molar-refractivity contribution in [3.63, 3.8) is 0 Å². The number of amides is 1. The van der Waals surface area contributed by atoms with Crippen LogP contribution in [0.25, 0.3) is 0 Å². The smallest absolute Gasteiger partial charge is 0.300 e. The molecule has 2 aliphatic rings. The Morgan fingerprint density at radius 1 is 0.889 bits per heavy atom. The Bertz CT molecular complexity index is 859. The first-order valence-corrected chi connectivity index (χ1v) is 9.33. The average Bonchev–Trinajstić information content (AvgIpc) is 2.95. The van der Waals surface area contributed by atoms with E-state index < -0.39 is 11.7 Å². The predicted octanol–water partition coefficient (Wildman–Crippen LogP) is 2.39. The summed E-state index contributed by atoms with van der Waals surface area (Å²) in [7, 11) is 0. The molecule has 0 N–H and O–H groups in total. The van der Waals surface area contributed by atoms with Crippen LogP contribution in [0.4, 0.5) is 11.4 Å². The molecule has 2 aromatic carbocycles. The number of anilines is 2. The molecule has 6 heteroatoms. The number of ketones is 1. The van der Waals surface area contributed by atoms with Gasteiger partial charge in [0.25, 0.3) is 5.78 Å². The van der Waals surface area contributed by atoms with Gasteiger partial charge in [-0.25, -0.2) is 0 Å². The van der Waals surface area contributed by atoms with Gasteiger partial charge in [0.15, 0.2) is 0 Å². The van der Waals surface area contributed by atoms with E-state index in [0.717, 1.165) is 43.3 Å². The van der Waals surface area contributed by atoms with Gasteiger partial charge >= 0.3 is 5.91 Å². The topological polar surface area (TPSA) is 53.1 Å². The molecule has 2 aliphatic heterocycles. The van der Waals surface area contributed by atoms with Crippen LogP contribution in [-0.2, 0) is 4.79 Å². The molecular weight excluding hydrogens is 342 g/mol. The molecule has 27 heavy (non-hydrogen) atoms. The van der Waals surface area contributed by atoms with Crippen molar-refractivity contribution < 1.29 is 14.3 Å². The lowest BCUT2D eigenvalue weighted by Gasteiger charge is -2.38. The van der Waals surface area contributed by atoms with Gasteiger partial charge in [0.1, 0.15) is 5.75 Å². The quantitative estimate of drug-likeness (QED) is 0.762. The first-order valence-electron chi connectivity index (χ1n) is 9.33. The fourth-order valence-electron chi connectivity index (χ4n) is 3.71. The molecule has 140 valence electrons. The van der Waals surface area contributed by atoms with Gasteiger partial charge in [0.2, 0.25) is 0 Å². The van der Waals surface area contributed by atoms with E-state index in [-0.39, 0.29) is 0 Å². The van der Waals surface area contributed by atoms with Crippen LogP contribution >= 0.6 is 0 Å². The summed E-state index contributed by atoms with van der Waals surface area (Å²) in [4.78, 5) is 30.6. The Labute approximate surface area is 158 Å². The van der Waals surface area contributed by atoms with Gasteiger partial charge in [-0.3, -0.25) is 19.4 Å². The lowest BCUT2D eigenvalue weighted by atomic mass is 10.1. The molecule has 2 aromatic rings. The number of piperazine rings is 1. The molecule has 0 bridgehead atoms. The van der Waals surface area contributed by atoms with E-state index in [4.69, 9.17) is 4.74 Å². The van der Waals surface area contributed by atoms with Crippen molar-refractivity contribution in [2.24, 2.45) is 0 Å². The molecule has 0 spiro atoms. The molecule has 0 saturated carbocycles. The maximum absolute atomic E-state index is 12.4. The third-order valence-electron chi connectivity index (χ3n) is 5.10. The Morgan fingerprint density at radius 3 is 2.30 bits per heavy atom. The molecule has 0 radical (unpaired) electrons. The van der Waals surface area contributed by atoms with Gasteiger partial charge in [-0.1, -0.05) is 24.3 Å². The van der Waals surface area contributed by atoms with Crippen LogP contribution in [0.2, 0.25) is 0 Å². The van der Waals surface area contributed by atoms with Gasteiger partial charge in [-0.2, -0.15) is 0 Å². The Balaban J connectivity index is 1.42. The average molecular weight is 365 g/mol. The Hall–Kier alpha value is -2.86. The Kier molecular flexibility index (Phi) is 4.81. The molecule has 0 aromatic heterocycles. The highest BCUT2D eigenvalue weighted by atomic mass is 16.5. The molecule has 4 rings (SSSR count). The van der Waals surface area contributed by atoms with E-state index in [0.29, 0.717) is 18.8 Å². The van der Waals surface area contributed by atoms with E-state index in [1.54, 1.807) is 17.0 Å². The van der Waals surface area contributed by atoms with E-state index in [9.17, 15) is 9.59 Å². The molecule has 1 fully saturated rings. The zero-order chi connectivity index (χ0) is 18.8. The van der Waals surface area contributed by atoms with Crippen molar-refractivity contribution in [1.29, 1.82) is 0 Å². The minimum atomic E-state index is -0.430. The molecule has 0 aliphatic carbocycles. The third kappa shape index (κ3) is 3.28. The number of nitrogens with zero attached hydrogens (tertiary/aromatic N) is 3. The number of hydrogen-bond donors (Lipinski definition) is 0. The number of rotatable bonds is 5. The Morgan fingerprint density at radius 2 is 1.56 bits per heavy atom. The minimum absolute atomic E-state index is 0.408. The summed E-state index contributed by atoms with van der Waals surface area (Å²) in [6.45, 7) is 6.41. The number of benzene rings is 2. The second-order valence-electron chi connectivity index (χ2n) is 6.73. The largest absolute Gasteiger partial charge is 0.492 e. The maximum atomic E-state index is 12.4. The zero-order valence-electron chi connectivity index (χ0n) is 15.4. The molecule has 6 nitrogen and oxygen atoms in total.